The molecule has 0 radical (unpaired) electrons. The molecular weight excluding hydrogens is 230 g/mol. The largest absolute Gasteiger partial charge is 0.392 e. The standard InChI is InChI=1S/C10H8BrNO/c11-10-3-1-2-8-7(6-13)4-12-5-9(8)10/h1-5,13H,6H2. The third-order valence-corrected chi connectivity index (χ3v) is 2.69. The zero-order valence-corrected chi connectivity index (χ0v) is 8.45. The molecule has 0 fully saturated rings. The van der Waals surface area contributed by atoms with Gasteiger partial charge in [0.25, 0.3) is 0 Å². The van der Waals surface area contributed by atoms with E-state index in [2.05, 4.69) is 20.9 Å². The minimum Gasteiger partial charge on any atom is -0.392 e. The van der Waals surface area contributed by atoms with Crippen LogP contribution in [0.1, 0.15) is 5.56 Å². The van der Waals surface area contributed by atoms with E-state index in [4.69, 9.17) is 5.11 Å². The van der Waals surface area contributed by atoms with Crippen LogP contribution in [0.4, 0.5) is 0 Å². The summed E-state index contributed by atoms with van der Waals surface area (Å²) in [6.07, 6.45) is 3.48. The van der Waals surface area contributed by atoms with E-state index in [-0.39, 0.29) is 6.61 Å². The predicted molar refractivity (Wildman–Crippen MR) is 55.4 cm³/mol. The molecule has 2 nitrogen and oxygen atoms in total. The average molecular weight is 238 g/mol. The molecule has 0 aliphatic carbocycles. The first-order valence-corrected chi connectivity index (χ1v) is 4.74. The fraction of sp³-hybridized carbons (Fsp3) is 0.100. The number of fused-ring (bicyclic) bond motifs is 1. The summed E-state index contributed by atoms with van der Waals surface area (Å²) in [6.45, 7) is 0.0286. The van der Waals surface area contributed by atoms with Crippen LogP contribution in [0.25, 0.3) is 10.8 Å². The molecule has 3 heteroatoms. The number of hydrogen-bond donors (Lipinski definition) is 1. The Balaban J connectivity index is 2.84. The molecular formula is C10H8BrNO. The van der Waals surface area contributed by atoms with Gasteiger partial charge in [-0.2, -0.15) is 0 Å². The topological polar surface area (TPSA) is 33.1 Å². The second-order valence-corrected chi connectivity index (χ2v) is 3.65. The minimum absolute atomic E-state index is 0.0286. The molecule has 0 aliphatic rings. The maximum atomic E-state index is 9.07. The Morgan fingerprint density at radius 1 is 1.23 bits per heavy atom. The molecule has 0 saturated heterocycles. The highest BCUT2D eigenvalue weighted by Gasteiger charge is 2.01. The molecule has 1 aromatic heterocycles. The smallest absolute Gasteiger partial charge is 0.0702 e. The zero-order valence-electron chi connectivity index (χ0n) is 6.87. The van der Waals surface area contributed by atoms with Crippen LogP contribution in [0.2, 0.25) is 0 Å². The van der Waals surface area contributed by atoms with E-state index in [1.165, 1.54) is 0 Å². The van der Waals surface area contributed by atoms with Crippen LogP contribution in [0.15, 0.2) is 35.1 Å². The first-order valence-electron chi connectivity index (χ1n) is 3.95. The predicted octanol–water partition coefficient (Wildman–Crippen LogP) is 2.49. The Hall–Kier alpha value is -0.930. The molecule has 1 aromatic carbocycles. The van der Waals surface area contributed by atoms with Gasteiger partial charge in [-0.3, -0.25) is 4.98 Å². The van der Waals surface area contributed by atoms with Gasteiger partial charge in [-0.1, -0.05) is 28.1 Å². The van der Waals surface area contributed by atoms with Crippen LogP contribution in [0.3, 0.4) is 0 Å². The van der Waals surface area contributed by atoms with Gasteiger partial charge >= 0.3 is 0 Å². The molecule has 66 valence electrons. The van der Waals surface area contributed by atoms with Crippen molar-refractivity contribution in [2.75, 3.05) is 0 Å². The summed E-state index contributed by atoms with van der Waals surface area (Å²) in [5.41, 5.74) is 0.860. The number of hydrogen-bond acceptors (Lipinski definition) is 2. The molecule has 0 unspecified atom stereocenters. The van der Waals surface area contributed by atoms with Crippen molar-refractivity contribution in [3.05, 3.63) is 40.6 Å². The van der Waals surface area contributed by atoms with Gasteiger partial charge in [0.15, 0.2) is 0 Å². The van der Waals surface area contributed by atoms with Gasteiger partial charge in [0.1, 0.15) is 0 Å². The number of rotatable bonds is 1. The van der Waals surface area contributed by atoms with Crippen molar-refractivity contribution in [2.24, 2.45) is 0 Å². The van der Waals surface area contributed by atoms with Crippen molar-refractivity contribution in [1.82, 2.24) is 4.98 Å². The van der Waals surface area contributed by atoms with Gasteiger partial charge in [0, 0.05) is 27.8 Å². The summed E-state index contributed by atoms with van der Waals surface area (Å²) in [4.78, 5) is 4.05. The zero-order chi connectivity index (χ0) is 9.26. The first kappa shape index (κ1) is 8.66. The number of halogens is 1. The first-order chi connectivity index (χ1) is 6.33. The van der Waals surface area contributed by atoms with Gasteiger partial charge in [0.2, 0.25) is 0 Å². The Labute approximate surface area is 84.4 Å². The molecule has 13 heavy (non-hydrogen) atoms. The van der Waals surface area contributed by atoms with Gasteiger partial charge in [0.05, 0.1) is 6.61 Å². The second kappa shape index (κ2) is 3.44. The van der Waals surface area contributed by atoms with E-state index >= 15 is 0 Å². The van der Waals surface area contributed by atoms with Crippen LogP contribution in [-0.2, 0) is 6.61 Å². The van der Waals surface area contributed by atoms with Gasteiger partial charge in [-0.25, -0.2) is 0 Å². The van der Waals surface area contributed by atoms with E-state index in [0.717, 1.165) is 20.8 Å². The number of pyridine rings is 1. The molecule has 0 bridgehead atoms. The van der Waals surface area contributed by atoms with Crippen LogP contribution >= 0.6 is 15.9 Å². The molecule has 0 amide bonds. The van der Waals surface area contributed by atoms with Crippen molar-refractivity contribution in [3.8, 4) is 0 Å². The summed E-state index contributed by atoms with van der Waals surface area (Å²) >= 11 is 3.44. The second-order valence-electron chi connectivity index (χ2n) is 2.79. The molecule has 1 N–H and O–H groups in total. The number of aliphatic hydroxyl groups is 1. The molecule has 0 spiro atoms. The molecule has 0 aliphatic heterocycles. The summed E-state index contributed by atoms with van der Waals surface area (Å²) in [7, 11) is 0. The minimum atomic E-state index is 0.0286. The molecule has 0 saturated carbocycles. The lowest BCUT2D eigenvalue weighted by molar-refractivity contribution is 0.283. The fourth-order valence-electron chi connectivity index (χ4n) is 1.35. The molecule has 2 rings (SSSR count). The van der Waals surface area contributed by atoms with Crippen LogP contribution in [0, 0.1) is 0 Å². The van der Waals surface area contributed by atoms with E-state index in [1.54, 1.807) is 12.4 Å². The number of aromatic nitrogens is 1. The van der Waals surface area contributed by atoms with Crippen molar-refractivity contribution in [1.29, 1.82) is 0 Å². The third kappa shape index (κ3) is 1.45. The maximum absolute atomic E-state index is 9.07. The molecule has 1 heterocycles. The van der Waals surface area contributed by atoms with Crippen molar-refractivity contribution < 1.29 is 5.11 Å². The van der Waals surface area contributed by atoms with E-state index < -0.39 is 0 Å². The quantitative estimate of drug-likeness (QED) is 0.827. The van der Waals surface area contributed by atoms with Gasteiger partial charge in [-0.05, 0) is 11.5 Å². The molecule has 2 aromatic rings. The summed E-state index contributed by atoms with van der Waals surface area (Å²) in [6, 6.07) is 5.89. The monoisotopic (exact) mass is 237 g/mol. The van der Waals surface area contributed by atoms with E-state index in [9.17, 15) is 0 Å². The average Bonchev–Trinajstić information content (AvgIpc) is 2.18. The van der Waals surface area contributed by atoms with Crippen LogP contribution in [0.5, 0.6) is 0 Å². The SMILES string of the molecule is OCc1cncc2c(Br)cccc12. The Morgan fingerprint density at radius 2 is 2.08 bits per heavy atom. The lowest BCUT2D eigenvalue weighted by atomic mass is 10.1. The Morgan fingerprint density at radius 3 is 2.85 bits per heavy atom. The number of benzene rings is 1. The molecule has 0 atom stereocenters. The Bertz CT molecular complexity index is 442. The highest BCUT2D eigenvalue weighted by Crippen LogP contribution is 2.25. The highest BCUT2D eigenvalue weighted by atomic mass is 79.9. The van der Waals surface area contributed by atoms with Crippen molar-refractivity contribution >= 4 is 26.7 Å². The lowest BCUT2D eigenvalue weighted by Crippen LogP contribution is -1.87. The summed E-state index contributed by atoms with van der Waals surface area (Å²) < 4.78 is 1.01. The van der Waals surface area contributed by atoms with E-state index in [0.29, 0.717) is 0 Å². The fourth-order valence-corrected chi connectivity index (χ4v) is 1.81. The van der Waals surface area contributed by atoms with Crippen molar-refractivity contribution in [2.45, 2.75) is 6.61 Å². The Kier molecular flexibility index (Phi) is 2.29. The summed E-state index contributed by atoms with van der Waals surface area (Å²) in [5.74, 6) is 0. The summed E-state index contributed by atoms with van der Waals surface area (Å²) in [5, 5.41) is 11.2. The number of aliphatic hydroxyl groups excluding tert-OH is 1. The van der Waals surface area contributed by atoms with Gasteiger partial charge in [-0.15, -0.1) is 0 Å². The highest BCUT2D eigenvalue weighted by molar-refractivity contribution is 9.10. The van der Waals surface area contributed by atoms with Crippen LogP contribution in [-0.4, -0.2) is 10.1 Å². The third-order valence-electron chi connectivity index (χ3n) is 2.00. The van der Waals surface area contributed by atoms with Crippen molar-refractivity contribution in [3.63, 3.8) is 0 Å². The normalized spacial score (nSPS) is 10.6. The van der Waals surface area contributed by atoms with E-state index in [1.807, 2.05) is 18.2 Å². The van der Waals surface area contributed by atoms with Crippen LogP contribution < -0.4 is 0 Å². The maximum Gasteiger partial charge on any atom is 0.0702 e. The lowest BCUT2D eigenvalue weighted by Gasteiger charge is -2.03. The number of nitrogens with zero attached hydrogens (tertiary/aromatic N) is 1. The van der Waals surface area contributed by atoms with Gasteiger partial charge < -0.3 is 5.11 Å².